The number of fused-ring (bicyclic) bond motifs is 1. The van der Waals surface area contributed by atoms with E-state index in [0.717, 1.165) is 11.1 Å². The van der Waals surface area contributed by atoms with E-state index in [-0.39, 0.29) is 18.2 Å². The molecule has 1 aliphatic rings. The van der Waals surface area contributed by atoms with Crippen molar-refractivity contribution in [1.82, 2.24) is 15.3 Å². The number of carbonyl (C=O) groups excluding carboxylic acids is 2. The lowest BCUT2D eigenvalue weighted by Gasteiger charge is -2.25. The summed E-state index contributed by atoms with van der Waals surface area (Å²) in [6.45, 7) is 4.23. The van der Waals surface area contributed by atoms with Crippen molar-refractivity contribution in [3.05, 3.63) is 59.9 Å². The lowest BCUT2D eigenvalue weighted by atomic mass is 9.91. The van der Waals surface area contributed by atoms with Crippen LogP contribution in [-0.4, -0.2) is 34.2 Å². The van der Waals surface area contributed by atoms with Gasteiger partial charge in [0.1, 0.15) is 11.5 Å². The minimum absolute atomic E-state index is 0.0148. The number of para-hydroxylation sites is 2. The molecule has 0 saturated carbocycles. The third kappa shape index (κ3) is 3.17. The van der Waals surface area contributed by atoms with Crippen LogP contribution in [0, 0.1) is 0 Å². The molecule has 1 atom stereocenters. The molecule has 0 spiro atoms. The molecule has 5 N–H and O–H groups in total. The Morgan fingerprint density at radius 3 is 2.69 bits per heavy atom. The summed E-state index contributed by atoms with van der Waals surface area (Å²) in [5.74, 6) is -0.694. The molecule has 0 saturated heterocycles. The summed E-state index contributed by atoms with van der Waals surface area (Å²) in [6, 6.07) is 14.9. The van der Waals surface area contributed by atoms with Gasteiger partial charge in [0.25, 0.3) is 11.8 Å². The second kappa shape index (κ2) is 7.14. The predicted molar refractivity (Wildman–Crippen MR) is 112 cm³/mol. The molecule has 0 radical (unpaired) electrons. The van der Waals surface area contributed by atoms with E-state index in [0.29, 0.717) is 17.1 Å². The lowest BCUT2D eigenvalue weighted by molar-refractivity contribution is -0.123. The molecular weight excluding hydrogens is 368 g/mol. The quantitative estimate of drug-likeness (QED) is 0.532. The highest BCUT2D eigenvalue weighted by Crippen LogP contribution is 2.28. The summed E-state index contributed by atoms with van der Waals surface area (Å²) in [4.78, 5) is 37.4. The number of anilines is 1. The number of nitrogens with one attached hydrogen (secondary N) is 3. The average Bonchev–Trinajstić information content (AvgIpc) is 3.33. The first kappa shape index (κ1) is 18.8. The molecule has 8 nitrogen and oxygen atoms in total. The summed E-state index contributed by atoms with van der Waals surface area (Å²) in [5, 5.41) is 5.79. The minimum Gasteiger partial charge on any atom is -0.367 e. The smallest absolute Gasteiger partial charge is 0.272 e. The summed E-state index contributed by atoms with van der Waals surface area (Å²) in [5.41, 5.74) is 7.23. The van der Waals surface area contributed by atoms with Crippen LogP contribution in [-0.2, 0) is 15.1 Å². The van der Waals surface area contributed by atoms with E-state index in [1.165, 1.54) is 0 Å². The molecule has 29 heavy (non-hydrogen) atoms. The topological polar surface area (TPSA) is 125 Å². The Kier molecular flexibility index (Phi) is 4.63. The average molecular weight is 390 g/mol. The summed E-state index contributed by atoms with van der Waals surface area (Å²) < 4.78 is 0. The van der Waals surface area contributed by atoms with Crippen molar-refractivity contribution < 1.29 is 9.59 Å². The molecule has 0 aliphatic carbocycles. The monoisotopic (exact) mass is 390 g/mol. The van der Waals surface area contributed by atoms with Crippen molar-refractivity contribution >= 4 is 34.2 Å². The molecule has 148 valence electrons. The van der Waals surface area contributed by atoms with Crippen LogP contribution in [0.25, 0.3) is 11.0 Å². The fourth-order valence-corrected chi connectivity index (χ4v) is 3.49. The first-order valence-electron chi connectivity index (χ1n) is 9.38. The van der Waals surface area contributed by atoms with Crippen molar-refractivity contribution in [2.75, 3.05) is 12.0 Å². The number of hydrogen-bond donors (Lipinski definition) is 4. The van der Waals surface area contributed by atoms with Gasteiger partial charge >= 0.3 is 0 Å². The predicted octanol–water partition coefficient (Wildman–Crippen LogP) is 2.01. The molecule has 8 heteroatoms. The molecule has 0 fully saturated rings. The summed E-state index contributed by atoms with van der Waals surface area (Å²) in [6.07, 6.45) is 0. The highest BCUT2D eigenvalue weighted by atomic mass is 16.2. The molecule has 3 aromatic rings. The molecule has 1 aromatic heterocycles. The van der Waals surface area contributed by atoms with Gasteiger partial charge in [0.2, 0.25) is 5.54 Å². The Labute approximate surface area is 167 Å². The van der Waals surface area contributed by atoms with Crippen molar-refractivity contribution in [1.29, 1.82) is 0 Å². The number of benzene rings is 2. The Balaban J connectivity index is 1.71. The van der Waals surface area contributed by atoms with E-state index in [4.69, 9.17) is 5.73 Å². The zero-order valence-corrected chi connectivity index (χ0v) is 16.2. The van der Waals surface area contributed by atoms with Gasteiger partial charge < -0.3 is 16.0 Å². The number of aliphatic imine (C=N–C) groups is 1. The van der Waals surface area contributed by atoms with Crippen molar-refractivity contribution in [3.63, 3.8) is 0 Å². The first-order chi connectivity index (χ1) is 13.9. The van der Waals surface area contributed by atoms with Gasteiger partial charge in [-0.25, -0.2) is 4.98 Å². The molecule has 0 bridgehead atoms. The number of aromatic nitrogens is 2. The van der Waals surface area contributed by atoms with E-state index in [1.54, 1.807) is 6.07 Å². The molecule has 1 aliphatic heterocycles. The van der Waals surface area contributed by atoms with E-state index in [9.17, 15) is 9.59 Å². The number of hydrogen-bond acceptors (Lipinski definition) is 5. The molecule has 2 aromatic carbocycles. The van der Waals surface area contributed by atoms with Gasteiger partial charge in [-0.15, -0.1) is 0 Å². The van der Waals surface area contributed by atoms with Crippen molar-refractivity contribution in [2.45, 2.75) is 25.3 Å². The third-order valence-corrected chi connectivity index (χ3v) is 5.08. The number of H-pyrrole nitrogens is 1. The highest BCUT2D eigenvalue weighted by Gasteiger charge is 2.52. The van der Waals surface area contributed by atoms with Crippen LogP contribution >= 0.6 is 0 Å². The number of primary amides is 1. The summed E-state index contributed by atoms with van der Waals surface area (Å²) >= 11 is 0. The maximum absolute atomic E-state index is 13.1. The molecule has 2 amide bonds. The highest BCUT2D eigenvalue weighted by molar-refractivity contribution is 6.50. The van der Waals surface area contributed by atoms with Gasteiger partial charge in [-0.1, -0.05) is 38.1 Å². The SMILES string of the molecule is CC(C)c1cccc(NC(=O)C2=NCNC2(C(N)=O)c2nc3ccccc3[nH]2)c1. The second-order valence-electron chi connectivity index (χ2n) is 7.29. The minimum atomic E-state index is -1.63. The van der Waals surface area contributed by atoms with Crippen molar-refractivity contribution in [3.8, 4) is 0 Å². The number of nitrogens with two attached hydrogens (primary N) is 1. The van der Waals surface area contributed by atoms with Gasteiger partial charge in [0, 0.05) is 5.69 Å². The Morgan fingerprint density at radius 1 is 1.17 bits per heavy atom. The lowest BCUT2D eigenvalue weighted by Crippen LogP contribution is -2.58. The zero-order valence-electron chi connectivity index (χ0n) is 16.2. The Bertz CT molecular complexity index is 1100. The van der Waals surface area contributed by atoms with E-state index < -0.39 is 17.4 Å². The molecule has 1 unspecified atom stereocenters. The van der Waals surface area contributed by atoms with Crippen LogP contribution in [0.3, 0.4) is 0 Å². The number of rotatable bonds is 5. The van der Waals surface area contributed by atoms with Crippen LogP contribution in [0.15, 0.2) is 53.5 Å². The second-order valence-corrected chi connectivity index (χ2v) is 7.29. The fourth-order valence-electron chi connectivity index (χ4n) is 3.49. The van der Waals surface area contributed by atoms with Gasteiger partial charge in [0.15, 0.2) is 0 Å². The molecular formula is C21H22N6O2. The molecule has 2 heterocycles. The number of nitrogens with zero attached hydrogens (tertiary/aromatic N) is 2. The van der Waals surface area contributed by atoms with Gasteiger partial charge in [-0.2, -0.15) is 0 Å². The van der Waals surface area contributed by atoms with Crippen LogP contribution in [0.4, 0.5) is 5.69 Å². The van der Waals surface area contributed by atoms with Gasteiger partial charge in [-0.05, 0) is 35.7 Å². The van der Waals surface area contributed by atoms with E-state index in [1.807, 2.05) is 42.5 Å². The maximum Gasteiger partial charge on any atom is 0.272 e. The van der Waals surface area contributed by atoms with Crippen LogP contribution < -0.4 is 16.4 Å². The normalized spacial score (nSPS) is 18.8. The van der Waals surface area contributed by atoms with E-state index >= 15 is 0 Å². The standard InChI is InChI=1S/C21H22N6O2/c1-12(2)13-6-5-7-14(10-13)25-18(28)17-21(19(22)29,24-11-23-17)20-26-15-8-3-4-9-16(15)27-20/h3-10,12,24H,11H2,1-2H3,(H2,22,29)(H,25,28)(H,26,27). The van der Waals surface area contributed by atoms with Crippen molar-refractivity contribution in [2.24, 2.45) is 10.7 Å². The first-order valence-corrected chi connectivity index (χ1v) is 9.38. The number of aromatic amines is 1. The summed E-state index contributed by atoms with van der Waals surface area (Å²) in [7, 11) is 0. The van der Waals surface area contributed by atoms with Crippen LogP contribution in [0.5, 0.6) is 0 Å². The van der Waals surface area contributed by atoms with Gasteiger partial charge in [-0.3, -0.25) is 19.9 Å². The van der Waals surface area contributed by atoms with Gasteiger partial charge in [0.05, 0.1) is 17.7 Å². The largest absolute Gasteiger partial charge is 0.367 e. The number of imidazole rings is 1. The molecule has 4 rings (SSSR count). The Hall–Kier alpha value is -3.52. The number of amides is 2. The Morgan fingerprint density at radius 2 is 1.97 bits per heavy atom. The fraction of sp³-hybridized carbons (Fsp3) is 0.238. The zero-order chi connectivity index (χ0) is 20.6. The number of carbonyl (C=O) groups is 2. The van der Waals surface area contributed by atoms with E-state index in [2.05, 4.69) is 39.4 Å². The van der Waals surface area contributed by atoms with Crippen LogP contribution in [0.1, 0.15) is 31.2 Å². The van der Waals surface area contributed by atoms with Crippen LogP contribution in [0.2, 0.25) is 0 Å². The third-order valence-electron chi connectivity index (χ3n) is 5.08. The maximum atomic E-state index is 13.1.